The molecule has 0 aromatic carbocycles. The van der Waals surface area contributed by atoms with Gasteiger partial charge in [-0.3, -0.25) is 9.59 Å². The van der Waals surface area contributed by atoms with Crippen LogP contribution in [0.1, 0.15) is 51.4 Å². The Bertz CT molecular complexity index is 288. The highest BCUT2D eigenvalue weighted by Gasteiger charge is 2.45. The molecule has 0 unspecified atom stereocenters. The first-order valence-electron chi connectivity index (χ1n) is 6.70. The molecular weight excluding hydrogens is 244 g/mol. The van der Waals surface area contributed by atoms with Crippen LogP contribution in [0.5, 0.6) is 0 Å². The largest absolute Gasteiger partial charge is 0.480 e. The first kappa shape index (κ1) is 17.4. The van der Waals surface area contributed by atoms with Crippen molar-refractivity contribution in [2.24, 2.45) is 5.41 Å². The summed E-state index contributed by atoms with van der Waals surface area (Å²) in [5.41, 5.74) is -1.64. The van der Waals surface area contributed by atoms with Crippen LogP contribution in [-0.4, -0.2) is 22.2 Å². The van der Waals surface area contributed by atoms with Gasteiger partial charge in [-0.05, 0) is 38.5 Å². The monoisotopic (exact) mass is 268 g/mol. The van der Waals surface area contributed by atoms with E-state index in [0.717, 1.165) is 25.7 Å². The number of hydrogen-bond acceptors (Lipinski definition) is 2. The molecule has 2 N–H and O–H groups in total. The number of carboxylic acid groups (broad SMARTS) is 2. The van der Waals surface area contributed by atoms with Crippen molar-refractivity contribution in [2.45, 2.75) is 51.4 Å². The molecule has 19 heavy (non-hydrogen) atoms. The third kappa shape index (κ3) is 5.73. The van der Waals surface area contributed by atoms with Crippen LogP contribution in [0, 0.1) is 5.41 Å². The molecule has 0 heterocycles. The van der Waals surface area contributed by atoms with Gasteiger partial charge in [-0.2, -0.15) is 0 Å². The Morgan fingerprint density at radius 3 is 1.47 bits per heavy atom. The first-order chi connectivity index (χ1) is 9.01. The average molecular weight is 268 g/mol. The Kier molecular flexibility index (Phi) is 8.58. The van der Waals surface area contributed by atoms with Crippen LogP contribution >= 0.6 is 0 Å². The molecule has 0 spiro atoms. The standard InChI is InChI=1S/C15H24O4/c1-3-5-7-9-11-15(13(16)17,14(18)19)12-10-8-6-4-2/h3-4H,1-2,5-12H2,(H,16,17)(H,18,19). The van der Waals surface area contributed by atoms with Gasteiger partial charge in [0.2, 0.25) is 0 Å². The van der Waals surface area contributed by atoms with Gasteiger partial charge in [0.25, 0.3) is 0 Å². The molecule has 0 aliphatic carbocycles. The van der Waals surface area contributed by atoms with E-state index in [0.29, 0.717) is 12.8 Å². The summed E-state index contributed by atoms with van der Waals surface area (Å²) in [5.74, 6) is -2.45. The zero-order valence-electron chi connectivity index (χ0n) is 11.4. The fourth-order valence-electron chi connectivity index (χ4n) is 2.08. The summed E-state index contributed by atoms with van der Waals surface area (Å²) in [4.78, 5) is 22.7. The topological polar surface area (TPSA) is 74.6 Å². The van der Waals surface area contributed by atoms with Crippen LogP contribution in [0.15, 0.2) is 25.3 Å². The fourth-order valence-corrected chi connectivity index (χ4v) is 2.08. The van der Waals surface area contributed by atoms with Crippen molar-refractivity contribution < 1.29 is 19.8 Å². The Balaban J connectivity index is 4.58. The van der Waals surface area contributed by atoms with E-state index < -0.39 is 17.4 Å². The van der Waals surface area contributed by atoms with Crippen LogP contribution in [0.4, 0.5) is 0 Å². The Morgan fingerprint density at radius 2 is 1.21 bits per heavy atom. The second-order valence-corrected chi connectivity index (χ2v) is 4.76. The summed E-state index contributed by atoms with van der Waals surface area (Å²) in [7, 11) is 0. The number of allylic oxidation sites excluding steroid dienone is 2. The predicted molar refractivity (Wildman–Crippen MR) is 75.0 cm³/mol. The normalized spacial score (nSPS) is 10.9. The lowest BCUT2D eigenvalue weighted by molar-refractivity contribution is -0.166. The zero-order valence-corrected chi connectivity index (χ0v) is 11.4. The van der Waals surface area contributed by atoms with E-state index in [1.54, 1.807) is 12.2 Å². The first-order valence-corrected chi connectivity index (χ1v) is 6.70. The lowest BCUT2D eigenvalue weighted by Gasteiger charge is -2.24. The van der Waals surface area contributed by atoms with E-state index in [-0.39, 0.29) is 12.8 Å². The molecule has 0 fully saturated rings. The zero-order chi connectivity index (χ0) is 14.7. The molecule has 0 atom stereocenters. The summed E-state index contributed by atoms with van der Waals surface area (Å²) in [6.07, 6.45) is 8.17. The molecule has 0 radical (unpaired) electrons. The van der Waals surface area contributed by atoms with Crippen molar-refractivity contribution in [3.8, 4) is 0 Å². The van der Waals surface area contributed by atoms with E-state index in [9.17, 15) is 19.8 Å². The van der Waals surface area contributed by atoms with Gasteiger partial charge in [-0.25, -0.2) is 0 Å². The maximum atomic E-state index is 11.4. The molecule has 4 nitrogen and oxygen atoms in total. The average Bonchev–Trinajstić information content (AvgIpc) is 2.36. The minimum atomic E-state index is -1.64. The molecule has 0 aromatic rings. The van der Waals surface area contributed by atoms with Gasteiger partial charge < -0.3 is 10.2 Å². The molecule has 0 amide bonds. The van der Waals surface area contributed by atoms with Gasteiger partial charge in [0.05, 0.1) is 0 Å². The molecule has 108 valence electrons. The molecule has 0 aliphatic heterocycles. The molecular formula is C15H24O4. The van der Waals surface area contributed by atoms with Gasteiger partial charge in [0.1, 0.15) is 0 Å². The predicted octanol–water partition coefficient (Wildman–Crippen LogP) is 3.63. The number of unbranched alkanes of at least 4 members (excludes halogenated alkanes) is 4. The van der Waals surface area contributed by atoms with Crippen molar-refractivity contribution in [3.05, 3.63) is 25.3 Å². The van der Waals surface area contributed by atoms with Crippen LogP contribution in [0.25, 0.3) is 0 Å². The van der Waals surface area contributed by atoms with Crippen LogP contribution in [0.2, 0.25) is 0 Å². The summed E-state index contributed by atoms with van der Waals surface area (Å²) < 4.78 is 0. The number of aliphatic carboxylic acids is 2. The van der Waals surface area contributed by atoms with Crippen LogP contribution < -0.4 is 0 Å². The Morgan fingerprint density at radius 1 is 0.842 bits per heavy atom. The lowest BCUT2D eigenvalue weighted by Crippen LogP contribution is -2.39. The smallest absolute Gasteiger partial charge is 0.321 e. The van der Waals surface area contributed by atoms with Gasteiger partial charge in [0, 0.05) is 0 Å². The number of rotatable bonds is 12. The Hall–Kier alpha value is -1.58. The van der Waals surface area contributed by atoms with Gasteiger partial charge >= 0.3 is 11.9 Å². The van der Waals surface area contributed by atoms with Crippen LogP contribution in [0.3, 0.4) is 0 Å². The van der Waals surface area contributed by atoms with E-state index in [1.807, 2.05) is 0 Å². The van der Waals surface area contributed by atoms with Crippen LogP contribution in [-0.2, 0) is 9.59 Å². The van der Waals surface area contributed by atoms with Crippen molar-refractivity contribution in [3.63, 3.8) is 0 Å². The maximum absolute atomic E-state index is 11.4. The lowest BCUT2D eigenvalue weighted by atomic mass is 9.78. The fraction of sp³-hybridized carbons (Fsp3) is 0.600. The quantitative estimate of drug-likeness (QED) is 0.322. The second-order valence-electron chi connectivity index (χ2n) is 4.76. The highest BCUT2D eigenvalue weighted by atomic mass is 16.4. The molecule has 0 rings (SSSR count). The maximum Gasteiger partial charge on any atom is 0.321 e. The summed E-state index contributed by atoms with van der Waals surface area (Å²) >= 11 is 0. The molecule has 0 bridgehead atoms. The second kappa shape index (κ2) is 9.36. The van der Waals surface area contributed by atoms with Gasteiger partial charge in [0.15, 0.2) is 5.41 Å². The summed E-state index contributed by atoms with van der Waals surface area (Å²) in [6.45, 7) is 7.19. The minimum Gasteiger partial charge on any atom is -0.480 e. The molecule has 0 aromatic heterocycles. The van der Waals surface area contributed by atoms with Gasteiger partial charge in [-0.15, -0.1) is 13.2 Å². The SMILES string of the molecule is C=CCCCCC(CCCCC=C)(C(=O)O)C(=O)O. The number of carboxylic acids is 2. The minimum absolute atomic E-state index is 0.180. The van der Waals surface area contributed by atoms with Crippen molar-refractivity contribution in [1.82, 2.24) is 0 Å². The summed E-state index contributed by atoms with van der Waals surface area (Å²) in [5, 5.41) is 18.6. The highest BCUT2D eigenvalue weighted by Crippen LogP contribution is 2.32. The van der Waals surface area contributed by atoms with E-state index >= 15 is 0 Å². The molecule has 0 saturated heterocycles. The molecule has 4 heteroatoms. The van der Waals surface area contributed by atoms with E-state index in [4.69, 9.17) is 0 Å². The van der Waals surface area contributed by atoms with Crippen molar-refractivity contribution >= 4 is 11.9 Å². The van der Waals surface area contributed by atoms with Crippen molar-refractivity contribution in [1.29, 1.82) is 0 Å². The molecule has 0 aliphatic rings. The van der Waals surface area contributed by atoms with E-state index in [1.165, 1.54) is 0 Å². The molecule has 0 saturated carbocycles. The third-order valence-corrected chi connectivity index (χ3v) is 3.34. The number of carbonyl (C=O) groups is 2. The highest BCUT2D eigenvalue weighted by molar-refractivity contribution is 5.98. The van der Waals surface area contributed by atoms with Crippen molar-refractivity contribution in [2.75, 3.05) is 0 Å². The Labute approximate surface area is 114 Å². The van der Waals surface area contributed by atoms with E-state index in [2.05, 4.69) is 13.2 Å². The van der Waals surface area contributed by atoms with Gasteiger partial charge in [-0.1, -0.05) is 25.0 Å². The third-order valence-electron chi connectivity index (χ3n) is 3.34. The number of hydrogen-bond donors (Lipinski definition) is 2. The summed E-state index contributed by atoms with van der Waals surface area (Å²) in [6, 6.07) is 0.